The molecule has 1 aromatic heterocycles. The molecule has 1 aromatic carbocycles. The largest absolute Gasteiger partial charge is 0.368 e. The lowest BCUT2D eigenvalue weighted by Crippen LogP contribution is -2.10. The summed E-state index contributed by atoms with van der Waals surface area (Å²) >= 11 is 0. The Morgan fingerprint density at radius 2 is 2.15 bits per heavy atom. The van der Waals surface area contributed by atoms with Gasteiger partial charge in [-0.25, -0.2) is 13.4 Å². The third-order valence-corrected chi connectivity index (χ3v) is 4.39. The first-order valence-electron chi connectivity index (χ1n) is 6.43. The highest BCUT2D eigenvalue weighted by atomic mass is 32.2. The van der Waals surface area contributed by atoms with Crippen molar-refractivity contribution in [2.45, 2.75) is 12.2 Å². The molecule has 2 aromatic rings. The molecule has 7 heteroatoms. The zero-order valence-electron chi connectivity index (χ0n) is 12.2. The van der Waals surface area contributed by atoms with Crippen LogP contribution in [-0.2, 0) is 9.84 Å². The predicted molar refractivity (Wildman–Crippen MR) is 79.4 cm³/mol. The van der Waals surface area contributed by atoms with E-state index in [4.69, 9.17) is 7.10 Å². The third-order valence-electron chi connectivity index (χ3n) is 2.87. The monoisotopic (exact) mass is 293 g/mol. The van der Waals surface area contributed by atoms with E-state index in [-0.39, 0.29) is 12.0 Å². The number of nitrogens with one attached hydrogen (secondary N) is 1. The molecular formula is C13H16N4O2S. The summed E-state index contributed by atoms with van der Waals surface area (Å²) in [6.45, 7) is 1.56. The van der Waals surface area contributed by atoms with Gasteiger partial charge in [-0.2, -0.15) is 4.98 Å². The number of nitrogen functional groups attached to an aromatic ring is 1. The molecule has 6 nitrogen and oxygen atoms in total. The van der Waals surface area contributed by atoms with E-state index >= 15 is 0 Å². The summed E-state index contributed by atoms with van der Waals surface area (Å²) < 4.78 is 31.5. The van der Waals surface area contributed by atoms with Crippen LogP contribution < -0.4 is 11.1 Å². The maximum atomic E-state index is 11.8. The molecule has 20 heavy (non-hydrogen) atoms. The summed E-state index contributed by atoms with van der Waals surface area (Å²) in [7, 11) is -3.32. The van der Waals surface area contributed by atoms with Crippen LogP contribution in [0.25, 0.3) is 0 Å². The number of rotatable bonds is 4. The van der Waals surface area contributed by atoms with E-state index in [2.05, 4.69) is 15.3 Å². The summed E-state index contributed by atoms with van der Waals surface area (Å²) in [5.41, 5.74) is 6.43. The van der Waals surface area contributed by atoms with Gasteiger partial charge in [0, 0.05) is 18.1 Å². The minimum atomic E-state index is -3.32. The van der Waals surface area contributed by atoms with Crippen molar-refractivity contribution >= 4 is 27.3 Å². The van der Waals surface area contributed by atoms with Crippen molar-refractivity contribution < 1.29 is 9.79 Å². The molecule has 0 radical (unpaired) electrons. The van der Waals surface area contributed by atoms with Gasteiger partial charge in [0.2, 0.25) is 5.95 Å². The molecular weight excluding hydrogens is 276 g/mol. The lowest BCUT2D eigenvalue weighted by Gasteiger charge is -2.16. The maximum Gasteiger partial charge on any atom is 0.221 e. The Balaban J connectivity index is 2.47. The van der Waals surface area contributed by atoms with Gasteiger partial charge in [0.15, 0.2) is 9.84 Å². The Hall–Kier alpha value is -2.15. The average Bonchev–Trinajstić information content (AvgIpc) is 2.37. The van der Waals surface area contributed by atoms with E-state index in [0.717, 1.165) is 6.26 Å². The lowest BCUT2D eigenvalue weighted by molar-refractivity contribution is 0.592. The first-order valence-corrected chi connectivity index (χ1v) is 7.88. The van der Waals surface area contributed by atoms with E-state index < -0.39 is 15.1 Å². The minimum absolute atomic E-state index is 0.111. The van der Waals surface area contributed by atoms with Gasteiger partial charge >= 0.3 is 0 Å². The van der Waals surface area contributed by atoms with Crippen LogP contribution in [0.4, 0.5) is 17.5 Å². The Morgan fingerprint density at radius 1 is 1.40 bits per heavy atom. The molecule has 106 valence electrons. The number of benzene rings is 1. The normalized spacial score (nSPS) is 13.6. The Labute approximate surface area is 119 Å². The minimum Gasteiger partial charge on any atom is -0.368 e. The average molecular weight is 293 g/mol. The maximum absolute atomic E-state index is 11.8. The van der Waals surface area contributed by atoms with Gasteiger partial charge in [0.25, 0.3) is 0 Å². The fourth-order valence-electron chi connectivity index (χ4n) is 1.69. The molecule has 0 saturated carbocycles. The lowest BCUT2D eigenvalue weighted by atomic mass is 10.1. The van der Waals surface area contributed by atoms with Crippen LogP contribution in [0.1, 0.15) is 19.1 Å². The van der Waals surface area contributed by atoms with Crippen LogP contribution in [0.3, 0.4) is 0 Å². The fraction of sp³-hybridized carbons (Fsp3) is 0.231. The molecule has 0 amide bonds. The molecule has 0 aliphatic carbocycles. The number of para-hydroxylation sites is 1. The number of hydrogen-bond acceptors (Lipinski definition) is 6. The highest BCUT2D eigenvalue weighted by molar-refractivity contribution is 7.90. The van der Waals surface area contributed by atoms with E-state index in [1.807, 2.05) is 0 Å². The van der Waals surface area contributed by atoms with E-state index in [1.54, 1.807) is 31.2 Å². The van der Waals surface area contributed by atoms with Gasteiger partial charge in [0.1, 0.15) is 5.82 Å². The molecule has 2 rings (SSSR count). The summed E-state index contributed by atoms with van der Waals surface area (Å²) in [5.74, 6) is 0.551. The van der Waals surface area contributed by atoms with Gasteiger partial charge < -0.3 is 11.1 Å². The van der Waals surface area contributed by atoms with Gasteiger partial charge in [-0.15, -0.1) is 0 Å². The first kappa shape index (κ1) is 12.9. The van der Waals surface area contributed by atoms with Crippen molar-refractivity contribution in [3.8, 4) is 0 Å². The number of hydrogen-bond donors (Lipinski definition) is 2. The zero-order valence-corrected chi connectivity index (χ0v) is 12.0. The first-order chi connectivity index (χ1) is 9.79. The molecule has 0 aliphatic rings. The SMILES string of the molecule is [2H]c1cccc(Nc2ccnc(N)n2)c1C(C)S(C)(=O)=O. The smallest absolute Gasteiger partial charge is 0.221 e. The molecule has 1 unspecified atom stereocenters. The second-order valence-corrected chi connectivity index (χ2v) is 6.76. The number of sulfone groups is 1. The van der Waals surface area contributed by atoms with Crippen molar-refractivity contribution in [3.05, 3.63) is 42.1 Å². The van der Waals surface area contributed by atoms with Crippen LogP contribution >= 0.6 is 0 Å². The Bertz CT molecular complexity index is 765. The van der Waals surface area contributed by atoms with Crippen LogP contribution in [0.5, 0.6) is 0 Å². The Morgan fingerprint density at radius 3 is 2.80 bits per heavy atom. The van der Waals surface area contributed by atoms with Crippen LogP contribution in [0.2, 0.25) is 0 Å². The van der Waals surface area contributed by atoms with Gasteiger partial charge in [0.05, 0.1) is 6.62 Å². The van der Waals surface area contributed by atoms with Gasteiger partial charge in [-0.05, 0) is 24.6 Å². The summed E-state index contributed by atoms with van der Waals surface area (Å²) in [5, 5.41) is 2.19. The third kappa shape index (κ3) is 3.24. The highest BCUT2D eigenvalue weighted by Gasteiger charge is 2.20. The zero-order chi connectivity index (χ0) is 15.6. The standard InChI is InChI=1S/C13H16N4O2S/c1-9(20(2,18)19)10-5-3-4-6-11(10)16-12-7-8-15-13(14)17-12/h3-9H,1-2H3,(H3,14,15,16,17)/i5D. The van der Waals surface area contributed by atoms with E-state index in [9.17, 15) is 8.42 Å². The second kappa shape index (κ2) is 5.46. The molecule has 1 atom stereocenters. The highest BCUT2D eigenvalue weighted by Crippen LogP contribution is 2.29. The molecule has 3 N–H and O–H groups in total. The van der Waals surface area contributed by atoms with Crippen molar-refractivity contribution in [2.75, 3.05) is 17.3 Å². The molecule has 0 bridgehead atoms. The fourth-order valence-corrected chi connectivity index (χ4v) is 2.31. The number of nitrogens with zero attached hydrogens (tertiary/aromatic N) is 2. The summed E-state index contributed by atoms with van der Waals surface area (Å²) in [6.07, 6.45) is 2.64. The molecule has 0 saturated heterocycles. The second-order valence-electron chi connectivity index (χ2n) is 4.39. The quantitative estimate of drug-likeness (QED) is 0.893. The number of nitrogens with two attached hydrogens (primary N) is 1. The van der Waals surface area contributed by atoms with Crippen molar-refractivity contribution in [2.24, 2.45) is 0 Å². The topological polar surface area (TPSA) is 98.0 Å². The predicted octanol–water partition coefficient (Wildman–Crippen LogP) is 1.91. The molecule has 1 heterocycles. The van der Waals surface area contributed by atoms with E-state index in [1.165, 1.54) is 6.20 Å². The Kier molecular flexibility index (Phi) is 3.51. The van der Waals surface area contributed by atoms with Crippen molar-refractivity contribution in [1.29, 1.82) is 0 Å². The van der Waals surface area contributed by atoms with Crippen molar-refractivity contribution in [1.82, 2.24) is 9.97 Å². The summed E-state index contributed by atoms with van der Waals surface area (Å²) in [4.78, 5) is 7.80. The number of anilines is 3. The van der Waals surface area contributed by atoms with Crippen LogP contribution in [0.15, 0.2) is 36.5 Å². The molecule has 0 aliphatic heterocycles. The van der Waals surface area contributed by atoms with Crippen LogP contribution in [0, 0.1) is 0 Å². The van der Waals surface area contributed by atoms with Gasteiger partial charge in [-0.1, -0.05) is 18.2 Å². The molecule has 0 fully saturated rings. The van der Waals surface area contributed by atoms with Crippen LogP contribution in [-0.4, -0.2) is 24.6 Å². The van der Waals surface area contributed by atoms with Crippen molar-refractivity contribution in [3.63, 3.8) is 0 Å². The number of aromatic nitrogens is 2. The van der Waals surface area contributed by atoms with Gasteiger partial charge in [-0.3, -0.25) is 0 Å². The molecule has 0 spiro atoms. The van der Waals surface area contributed by atoms with E-state index in [0.29, 0.717) is 17.1 Å². The summed E-state index contributed by atoms with van der Waals surface area (Å²) in [6, 6.07) is 6.69.